The van der Waals surface area contributed by atoms with E-state index in [-0.39, 0.29) is 29.2 Å². The molecule has 2 aliphatic rings. The maximum Gasteiger partial charge on any atom is 0.315 e. The Hall–Kier alpha value is -2.88. The zero-order valence-corrected chi connectivity index (χ0v) is 20.0. The molecule has 4 atom stereocenters. The molecule has 4 rings (SSSR count). The van der Waals surface area contributed by atoms with Crippen LogP contribution in [0.4, 0.5) is 0 Å². The van der Waals surface area contributed by atoms with E-state index in [2.05, 4.69) is 39.8 Å². The number of benzene rings is 2. The molecule has 0 N–H and O–H groups in total. The molecule has 2 aromatic carbocycles. The lowest BCUT2D eigenvalue weighted by atomic mass is 9.79. The van der Waals surface area contributed by atoms with Gasteiger partial charge >= 0.3 is 11.9 Å². The molecule has 0 heterocycles. The Kier molecular flexibility index (Phi) is 6.73. The van der Waals surface area contributed by atoms with E-state index in [9.17, 15) is 9.59 Å². The number of carbonyl (C=O) groups excluding carboxylic acids is 2. The Bertz CT molecular complexity index is 970. The van der Waals surface area contributed by atoms with Crippen LogP contribution < -0.4 is 9.47 Å². The van der Waals surface area contributed by atoms with Crippen LogP contribution >= 0.6 is 0 Å². The first kappa shape index (κ1) is 23.3. The summed E-state index contributed by atoms with van der Waals surface area (Å²) in [5.74, 6) is -0.734. The summed E-state index contributed by atoms with van der Waals surface area (Å²) in [6.07, 6.45) is 7.78. The molecule has 1 saturated carbocycles. The number of hydrogen-bond donors (Lipinski definition) is 0. The van der Waals surface area contributed by atoms with Crippen LogP contribution in [0.5, 0.6) is 11.5 Å². The van der Waals surface area contributed by atoms with Gasteiger partial charge in [0.25, 0.3) is 0 Å². The van der Waals surface area contributed by atoms with Crippen LogP contribution in [0.25, 0.3) is 0 Å². The molecule has 0 amide bonds. The fourth-order valence-corrected chi connectivity index (χ4v) is 5.67. The van der Waals surface area contributed by atoms with E-state index in [0.29, 0.717) is 11.5 Å². The Labute approximate surface area is 197 Å². The summed E-state index contributed by atoms with van der Waals surface area (Å²) in [7, 11) is 0. The first-order valence-electron chi connectivity index (χ1n) is 12.2. The lowest BCUT2D eigenvalue weighted by Crippen LogP contribution is -2.37. The zero-order chi connectivity index (χ0) is 23.6. The van der Waals surface area contributed by atoms with Crippen molar-refractivity contribution in [3.05, 3.63) is 71.8 Å². The Morgan fingerprint density at radius 1 is 0.727 bits per heavy atom. The number of esters is 2. The molecule has 0 spiro atoms. The molecule has 4 unspecified atom stereocenters. The number of carbonyl (C=O) groups is 2. The van der Waals surface area contributed by atoms with Gasteiger partial charge in [0.2, 0.25) is 0 Å². The average Bonchev–Trinajstić information content (AvgIpc) is 3.21. The summed E-state index contributed by atoms with van der Waals surface area (Å²) < 4.78 is 11.9. The lowest BCUT2D eigenvalue weighted by Gasteiger charge is -2.25. The predicted octanol–water partition coefficient (Wildman–Crippen LogP) is 6.18. The number of hydrogen-bond acceptors (Lipinski definition) is 4. The van der Waals surface area contributed by atoms with Gasteiger partial charge in [-0.25, -0.2) is 0 Å². The van der Waals surface area contributed by atoms with Crippen molar-refractivity contribution in [2.75, 3.05) is 0 Å². The third kappa shape index (κ3) is 4.36. The van der Waals surface area contributed by atoms with Gasteiger partial charge in [0.15, 0.2) is 0 Å². The summed E-state index contributed by atoms with van der Waals surface area (Å²) >= 11 is 0. The summed E-state index contributed by atoms with van der Waals surface area (Å²) in [6, 6.07) is 15.3. The third-order valence-corrected chi connectivity index (χ3v) is 7.35. The summed E-state index contributed by atoms with van der Waals surface area (Å²) in [5.41, 5.74) is 1.82. The fraction of sp³-hybridized carbons (Fsp3) is 0.448. The zero-order valence-electron chi connectivity index (χ0n) is 20.0. The van der Waals surface area contributed by atoms with E-state index in [1.165, 1.54) is 0 Å². The summed E-state index contributed by atoms with van der Waals surface area (Å²) in [6.45, 7) is 8.46. The third-order valence-electron chi connectivity index (χ3n) is 7.35. The molecule has 174 valence electrons. The van der Waals surface area contributed by atoms with Crippen LogP contribution in [0, 0.1) is 29.1 Å². The van der Waals surface area contributed by atoms with Crippen LogP contribution in [0.1, 0.15) is 51.7 Å². The van der Waals surface area contributed by atoms with Crippen molar-refractivity contribution in [2.24, 2.45) is 29.1 Å². The first-order chi connectivity index (χ1) is 15.9. The number of allylic oxidation sites excluding steroid dienone is 2. The highest BCUT2D eigenvalue weighted by Crippen LogP contribution is 2.60. The predicted molar refractivity (Wildman–Crippen MR) is 129 cm³/mol. The van der Waals surface area contributed by atoms with Crippen LogP contribution in [0.2, 0.25) is 0 Å². The standard InChI is InChI=1S/C29H34O4/c1-5-11-19-13-7-9-15-23(19)32-27(30)25-21-17-18-22(29(21,3)4)26(25)28(31)33-24-16-10-8-14-20(24)12-6-2/h7-10,13-18,21-22,25-26H,5-6,11-12H2,1-4H3. The molecule has 0 radical (unpaired) electrons. The molecule has 2 aromatic rings. The van der Waals surface area contributed by atoms with Crippen molar-refractivity contribution >= 4 is 11.9 Å². The van der Waals surface area contributed by atoms with Gasteiger partial charge in [-0.2, -0.15) is 0 Å². The highest BCUT2D eigenvalue weighted by atomic mass is 16.5. The van der Waals surface area contributed by atoms with Crippen molar-refractivity contribution in [1.82, 2.24) is 0 Å². The van der Waals surface area contributed by atoms with E-state index < -0.39 is 11.8 Å². The minimum Gasteiger partial charge on any atom is -0.426 e. The maximum absolute atomic E-state index is 13.5. The normalized spacial score (nSPS) is 24.6. The van der Waals surface area contributed by atoms with E-state index in [0.717, 1.165) is 36.8 Å². The molecule has 0 aliphatic heterocycles. The fourth-order valence-electron chi connectivity index (χ4n) is 5.67. The van der Waals surface area contributed by atoms with Gasteiger partial charge in [-0.05, 0) is 53.4 Å². The smallest absolute Gasteiger partial charge is 0.315 e. The summed E-state index contributed by atoms with van der Waals surface area (Å²) in [4.78, 5) is 27.0. The average molecular weight is 447 g/mol. The SMILES string of the molecule is CCCc1ccccc1OC(=O)C1C(C(=O)Oc2ccccc2CCC)C2C=CC1C2(C)C. The topological polar surface area (TPSA) is 52.6 Å². The van der Waals surface area contributed by atoms with E-state index >= 15 is 0 Å². The molecule has 1 fully saturated rings. The number of ether oxygens (including phenoxy) is 2. The van der Waals surface area contributed by atoms with E-state index in [1.807, 2.05) is 48.5 Å². The first-order valence-corrected chi connectivity index (χ1v) is 12.2. The Morgan fingerprint density at radius 3 is 1.52 bits per heavy atom. The number of fused-ring (bicyclic) bond motifs is 2. The van der Waals surface area contributed by atoms with E-state index in [4.69, 9.17) is 9.47 Å². The monoisotopic (exact) mass is 446 g/mol. The molecule has 2 aliphatic carbocycles. The van der Waals surface area contributed by atoms with Crippen molar-refractivity contribution in [3.63, 3.8) is 0 Å². The van der Waals surface area contributed by atoms with Gasteiger partial charge in [-0.1, -0.05) is 89.1 Å². The van der Waals surface area contributed by atoms with Crippen LogP contribution in [-0.4, -0.2) is 11.9 Å². The molecule has 2 bridgehead atoms. The summed E-state index contributed by atoms with van der Waals surface area (Å²) in [5, 5.41) is 0. The second-order valence-corrected chi connectivity index (χ2v) is 9.87. The Balaban J connectivity index is 1.61. The quantitative estimate of drug-likeness (QED) is 0.276. The molecule has 0 aromatic heterocycles. The second kappa shape index (κ2) is 9.54. The van der Waals surface area contributed by atoms with E-state index in [1.54, 1.807) is 0 Å². The minimum absolute atomic E-state index is 0.0585. The minimum atomic E-state index is -0.560. The van der Waals surface area contributed by atoms with Crippen molar-refractivity contribution in [3.8, 4) is 11.5 Å². The second-order valence-electron chi connectivity index (χ2n) is 9.87. The van der Waals surface area contributed by atoms with Gasteiger partial charge in [0.1, 0.15) is 11.5 Å². The van der Waals surface area contributed by atoms with Crippen molar-refractivity contribution in [2.45, 2.75) is 53.4 Å². The largest absolute Gasteiger partial charge is 0.426 e. The van der Waals surface area contributed by atoms with Gasteiger partial charge in [0, 0.05) is 0 Å². The van der Waals surface area contributed by atoms with Gasteiger partial charge in [0.05, 0.1) is 11.8 Å². The molecule has 4 nitrogen and oxygen atoms in total. The van der Waals surface area contributed by atoms with Gasteiger partial charge in [-0.15, -0.1) is 0 Å². The lowest BCUT2D eigenvalue weighted by molar-refractivity contribution is -0.151. The molecular weight excluding hydrogens is 412 g/mol. The van der Waals surface area contributed by atoms with Gasteiger partial charge in [-0.3, -0.25) is 9.59 Å². The van der Waals surface area contributed by atoms with Crippen LogP contribution in [0.3, 0.4) is 0 Å². The highest BCUT2D eigenvalue weighted by Gasteiger charge is 2.62. The van der Waals surface area contributed by atoms with Crippen LogP contribution in [0.15, 0.2) is 60.7 Å². The van der Waals surface area contributed by atoms with Crippen LogP contribution in [-0.2, 0) is 22.4 Å². The maximum atomic E-state index is 13.5. The molecule has 33 heavy (non-hydrogen) atoms. The molecule has 0 saturated heterocycles. The highest BCUT2D eigenvalue weighted by molar-refractivity contribution is 5.87. The number of para-hydroxylation sites is 2. The van der Waals surface area contributed by atoms with Gasteiger partial charge < -0.3 is 9.47 Å². The number of aryl methyl sites for hydroxylation is 2. The molecular formula is C29H34O4. The van der Waals surface area contributed by atoms with Crippen molar-refractivity contribution in [1.29, 1.82) is 0 Å². The molecule has 4 heteroatoms. The number of rotatable bonds is 8. The Morgan fingerprint density at radius 2 is 1.12 bits per heavy atom. The van der Waals surface area contributed by atoms with Crippen molar-refractivity contribution < 1.29 is 19.1 Å².